The average Bonchev–Trinajstić information content (AvgIpc) is 3.25. The fourth-order valence-corrected chi connectivity index (χ4v) is 3.42. The van der Waals surface area contributed by atoms with E-state index in [1.54, 1.807) is 7.11 Å². The van der Waals surface area contributed by atoms with Gasteiger partial charge in [-0.2, -0.15) is 4.98 Å². The summed E-state index contributed by atoms with van der Waals surface area (Å²) in [6, 6.07) is -0.0221. The zero-order valence-electron chi connectivity index (χ0n) is 15.4. The van der Waals surface area contributed by atoms with Gasteiger partial charge < -0.3 is 21.1 Å². The lowest BCUT2D eigenvalue weighted by Gasteiger charge is -2.35. The lowest BCUT2D eigenvalue weighted by molar-refractivity contribution is -0.130. The van der Waals surface area contributed by atoms with Gasteiger partial charge in [0.1, 0.15) is 5.82 Å². The molecule has 1 heterocycles. The third-order valence-corrected chi connectivity index (χ3v) is 5.54. The molecule has 0 unspecified atom stereocenters. The summed E-state index contributed by atoms with van der Waals surface area (Å²) < 4.78 is 5.56. The molecule has 2 aliphatic rings. The van der Waals surface area contributed by atoms with Crippen LogP contribution in [-0.2, 0) is 20.7 Å². The standard InChI is InChI=1S/C17H28N6O3/c1-17(6-7-17)15(25)20-11-4-3-10(9-12(11)26-2)14(24)19-8-5-13-21-16(18)23-22-13/h10-12H,3-9H2,1-2H3,(H,19,24)(H,20,25)(H3,18,21,22,23)/t10-,11-,12-/m0/s1. The molecular weight excluding hydrogens is 336 g/mol. The third kappa shape index (κ3) is 4.32. The maximum absolute atomic E-state index is 12.4. The molecule has 5 N–H and O–H groups in total. The molecule has 0 saturated heterocycles. The number of nitrogens with two attached hydrogens (primary N) is 1. The summed E-state index contributed by atoms with van der Waals surface area (Å²) in [5.41, 5.74) is 5.25. The molecule has 2 saturated carbocycles. The molecule has 3 rings (SSSR count). The summed E-state index contributed by atoms with van der Waals surface area (Å²) >= 11 is 0. The minimum absolute atomic E-state index is 0.0125. The Morgan fingerprint density at radius 2 is 2.15 bits per heavy atom. The van der Waals surface area contributed by atoms with Crippen molar-refractivity contribution < 1.29 is 14.3 Å². The number of nitrogen functional groups attached to an aromatic ring is 1. The molecule has 0 radical (unpaired) electrons. The molecule has 0 aromatic carbocycles. The first kappa shape index (κ1) is 18.6. The van der Waals surface area contributed by atoms with Crippen molar-refractivity contribution >= 4 is 17.8 Å². The van der Waals surface area contributed by atoms with Gasteiger partial charge >= 0.3 is 0 Å². The molecule has 144 valence electrons. The van der Waals surface area contributed by atoms with E-state index < -0.39 is 0 Å². The summed E-state index contributed by atoms with van der Waals surface area (Å²) in [5, 5.41) is 12.5. The van der Waals surface area contributed by atoms with E-state index in [2.05, 4.69) is 25.8 Å². The molecule has 1 aromatic heterocycles. The van der Waals surface area contributed by atoms with Gasteiger partial charge in [-0.3, -0.25) is 14.7 Å². The number of H-pyrrole nitrogens is 1. The van der Waals surface area contributed by atoms with Gasteiger partial charge in [-0.05, 0) is 32.1 Å². The van der Waals surface area contributed by atoms with Crippen LogP contribution in [0.4, 0.5) is 5.95 Å². The highest BCUT2D eigenvalue weighted by atomic mass is 16.5. The van der Waals surface area contributed by atoms with Gasteiger partial charge in [0.05, 0.1) is 12.1 Å². The minimum Gasteiger partial charge on any atom is -0.379 e. The molecular formula is C17H28N6O3. The van der Waals surface area contributed by atoms with Gasteiger partial charge in [0.2, 0.25) is 17.8 Å². The molecule has 3 atom stereocenters. The van der Waals surface area contributed by atoms with Crippen molar-refractivity contribution in [2.75, 3.05) is 19.4 Å². The minimum atomic E-state index is -0.198. The number of carbonyl (C=O) groups is 2. The normalized spacial score (nSPS) is 26.9. The highest BCUT2D eigenvalue weighted by Gasteiger charge is 2.46. The van der Waals surface area contributed by atoms with Gasteiger partial charge in [0.15, 0.2) is 0 Å². The van der Waals surface area contributed by atoms with Crippen LogP contribution in [0.25, 0.3) is 0 Å². The summed E-state index contributed by atoms with van der Waals surface area (Å²) in [4.78, 5) is 28.7. The number of rotatable bonds is 7. The van der Waals surface area contributed by atoms with Crippen molar-refractivity contribution in [3.8, 4) is 0 Å². The fraction of sp³-hybridized carbons (Fsp3) is 0.765. The third-order valence-electron chi connectivity index (χ3n) is 5.54. The smallest absolute Gasteiger partial charge is 0.239 e. The van der Waals surface area contributed by atoms with E-state index in [4.69, 9.17) is 10.5 Å². The predicted molar refractivity (Wildman–Crippen MR) is 94.9 cm³/mol. The van der Waals surface area contributed by atoms with Crippen molar-refractivity contribution in [2.45, 2.75) is 57.6 Å². The Balaban J connectivity index is 1.44. The van der Waals surface area contributed by atoms with Crippen LogP contribution in [-0.4, -0.2) is 52.8 Å². The lowest BCUT2D eigenvalue weighted by Crippen LogP contribution is -2.51. The zero-order chi connectivity index (χ0) is 18.7. The maximum atomic E-state index is 12.4. The quantitative estimate of drug-likeness (QED) is 0.544. The molecule has 2 amide bonds. The van der Waals surface area contributed by atoms with E-state index in [0.29, 0.717) is 25.2 Å². The molecule has 0 spiro atoms. The second-order valence-corrected chi connectivity index (χ2v) is 7.61. The number of nitrogens with zero attached hydrogens (tertiary/aromatic N) is 2. The van der Waals surface area contributed by atoms with Crippen LogP contribution in [0.2, 0.25) is 0 Å². The summed E-state index contributed by atoms with van der Waals surface area (Å²) in [7, 11) is 1.64. The monoisotopic (exact) mass is 364 g/mol. The maximum Gasteiger partial charge on any atom is 0.239 e. The fourth-order valence-electron chi connectivity index (χ4n) is 3.42. The van der Waals surface area contributed by atoms with Crippen molar-refractivity contribution in [3.63, 3.8) is 0 Å². The number of ether oxygens (including phenoxy) is 1. The molecule has 26 heavy (non-hydrogen) atoms. The Bertz CT molecular complexity index is 657. The van der Waals surface area contributed by atoms with E-state index >= 15 is 0 Å². The average molecular weight is 364 g/mol. The number of aromatic nitrogens is 3. The van der Waals surface area contributed by atoms with E-state index in [-0.39, 0.29) is 41.2 Å². The van der Waals surface area contributed by atoms with Gasteiger partial charge in [0, 0.05) is 31.4 Å². The highest BCUT2D eigenvalue weighted by Crippen LogP contribution is 2.45. The van der Waals surface area contributed by atoms with E-state index in [0.717, 1.165) is 25.7 Å². The Morgan fingerprint density at radius 1 is 1.38 bits per heavy atom. The van der Waals surface area contributed by atoms with Crippen LogP contribution in [0, 0.1) is 11.3 Å². The Kier molecular flexibility index (Phi) is 5.45. The number of anilines is 1. The first-order valence-electron chi connectivity index (χ1n) is 9.19. The molecule has 1 aromatic rings. The Hall–Kier alpha value is -2.16. The summed E-state index contributed by atoms with van der Waals surface area (Å²) in [6.45, 7) is 2.46. The molecule has 9 nitrogen and oxygen atoms in total. The van der Waals surface area contributed by atoms with Crippen molar-refractivity contribution in [3.05, 3.63) is 5.82 Å². The van der Waals surface area contributed by atoms with Crippen LogP contribution in [0.5, 0.6) is 0 Å². The molecule has 2 aliphatic carbocycles. The number of hydrogen-bond donors (Lipinski definition) is 4. The van der Waals surface area contributed by atoms with Gasteiger partial charge in [0.25, 0.3) is 0 Å². The van der Waals surface area contributed by atoms with Crippen molar-refractivity contribution in [2.24, 2.45) is 11.3 Å². The molecule has 2 fully saturated rings. The van der Waals surface area contributed by atoms with Gasteiger partial charge in [-0.15, -0.1) is 5.10 Å². The van der Waals surface area contributed by atoms with E-state index in [1.165, 1.54) is 0 Å². The van der Waals surface area contributed by atoms with Gasteiger partial charge in [-0.25, -0.2) is 0 Å². The van der Waals surface area contributed by atoms with Gasteiger partial charge in [-0.1, -0.05) is 6.92 Å². The Labute approximate surface area is 152 Å². The van der Waals surface area contributed by atoms with Crippen molar-refractivity contribution in [1.29, 1.82) is 0 Å². The van der Waals surface area contributed by atoms with Crippen LogP contribution < -0.4 is 16.4 Å². The number of hydrogen-bond acceptors (Lipinski definition) is 6. The lowest BCUT2D eigenvalue weighted by atomic mass is 9.83. The van der Waals surface area contributed by atoms with E-state index in [1.807, 2.05) is 6.92 Å². The summed E-state index contributed by atoms with van der Waals surface area (Å²) in [5.74, 6) is 0.869. The molecule has 0 bridgehead atoms. The first-order chi connectivity index (χ1) is 12.4. The summed E-state index contributed by atoms with van der Waals surface area (Å²) in [6.07, 6.45) is 4.41. The predicted octanol–water partition coefficient (Wildman–Crippen LogP) is 0.146. The number of amides is 2. The van der Waals surface area contributed by atoms with Crippen LogP contribution in [0.15, 0.2) is 0 Å². The molecule has 9 heteroatoms. The topological polar surface area (TPSA) is 135 Å². The SMILES string of the molecule is CO[C@H]1C[C@@H](C(=O)NCCc2nc(N)n[nH]2)CC[C@@H]1NC(=O)C1(C)CC1. The largest absolute Gasteiger partial charge is 0.379 e. The van der Waals surface area contributed by atoms with Crippen LogP contribution >= 0.6 is 0 Å². The first-order valence-corrected chi connectivity index (χ1v) is 9.19. The van der Waals surface area contributed by atoms with E-state index in [9.17, 15) is 9.59 Å². The highest BCUT2D eigenvalue weighted by molar-refractivity contribution is 5.85. The second kappa shape index (κ2) is 7.61. The Morgan fingerprint density at radius 3 is 2.77 bits per heavy atom. The second-order valence-electron chi connectivity index (χ2n) is 7.61. The zero-order valence-corrected chi connectivity index (χ0v) is 15.4. The van der Waals surface area contributed by atoms with Crippen molar-refractivity contribution in [1.82, 2.24) is 25.8 Å². The van der Waals surface area contributed by atoms with Crippen LogP contribution in [0.3, 0.4) is 0 Å². The number of nitrogens with one attached hydrogen (secondary N) is 3. The number of carbonyl (C=O) groups excluding carboxylic acids is 2. The molecule has 0 aliphatic heterocycles. The number of methoxy groups -OCH3 is 1. The number of aromatic amines is 1. The van der Waals surface area contributed by atoms with Crippen LogP contribution in [0.1, 0.15) is 44.9 Å².